The number of anilines is 3. The third kappa shape index (κ3) is 4.46. The molecule has 52 heavy (non-hydrogen) atoms. The second-order valence-corrected chi connectivity index (χ2v) is 13.1. The van der Waals surface area contributed by atoms with E-state index in [9.17, 15) is 0 Å². The first-order valence-electron chi connectivity index (χ1n) is 17.4. The smallest absolute Gasteiger partial charge is 0.228 e. The van der Waals surface area contributed by atoms with E-state index in [1.54, 1.807) is 0 Å². The van der Waals surface area contributed by atoms with Gasteiger partial charge in [-0.3, -0.25) is 0 Å². The van der Waals surface area contributed by atoms with Gasteiger partial charge in [-0.1, -0.05) is 84.9 Å². The molecule has 0 saturated carbocycles. The monoisotopic (exact) mass is 668 g/mol. The third-order valence-electron chi connectivity index (χ3n) is 10.1. The number of rotatable bonds is 5. The molecule has 244 valence electrons. The van der Waals surface area contributed by atoms with Crippen LogP contribution in [0, 0.1) is 0 Å². The van der Waals surface area contributed by atoms with Crippen LogP contribution in [0.1, 0.15) is 0 Å². The Balaban J connectivity index is 1.05. The number of aromatic nitrogens is 1. The van der Waals surface area contributed by atoms with E-state index in [-0.39, 0.29) is 0 Å². The SMILES string of the molecule is c1ccc(N(c2ccc3c(c2)oc2cccc(-c4ccc5ccccc5c4)c23)c2ccc3c(c2)oc2cccc(-c4nc5ccccc5o4)c23)cc1. The highest BCUT2D eigenvalue weighted by molar-refractivity contribution is 6.14. The molecule has 0 spiro atoms. The van der Waals surface area contributed by atoms with Crippen molar-refractivity contribution in [2.45, 2.75) is 0 Å². The molecule has 8 aromatic carbocycles. The van der Waals surface area contributed by atoms with Gasteiger partial charge in [0.25, 0.3) is 0 Å². The minimum atomic E-state index is 0.576. The van der Waals surface area contributed by atoms with Crippen LogP contribution in [-0.4, -0.2) is 4.98 Å². The van der Waals surface area contributed by atoms with E-state index in [1.807, 2.05) is 48.5 Å². The highest BCUT2D eigenvalue weighted by Crippen LogP contribution is 2.44. The van der Waals surface area contributed by atoms with Gasteiger partial charge in [0.15, 0.2) is 5.58 Å². The summed E-state index contributed by atoms with van der Waals surface area (Å²) in [5.74, 6) is 0.576. The number of hydrogen-bond acceptors (Lipinski definition) is 5. The Bertz CT molecular complexity index is 3120. The van der Waals surface area contributed by atoms with E-state index in [1.165, 1.54) is 16.3 Å². The largest absolute Gasteiger partial charge is 0.456 e. The van der Waals surface area contributed by atoms with Crippen molar-refractivity contribution in [1.29, 1.82) is 0 Å². The van der Waals surface area contributed by atoms with Gasteiger partial charge in [0, 0.05) is 56.3 Å². The topological polar surface area (TPSA) is 55.6 Å². The van der Waals surface area contributed by atoms with Crippen LogP contribution >= 0.6 is 0 Å². The lowest BCUT2D eigenvalue weighted by atomic mass is 9.97. The van der Waals surface area contributed by atoms with Crippen molar-refractivity contribution in [1.82, 2.24) is 4.98 Å². The Hall–Kier alpha value is -7.11. The van der Waals surface area contributed by atoms with Gasteiger partial charge in [0.2, 0.25) is 5.89 Å². The van der Waals surface area contributed by atoms with Crippen LogP contribution in [0.3, 0.4) is 0 Å². The number of nitrogens with zero attached hydrogens (tertiary/aromatic N) is 2. The van der Waals surface area contributed by atoms with E-state index >= 15 is 0 Å². The van der Waals surface area contributed by atoms with Crippen LogP contribution in [0.15, 0.2) is 183 Å². The maximum atomic E-state index is 6.59. The molecule has 3 aromatic heterocycles. The minimum Gasteiger partial charge on any atom is -0.456 e. The average molecular weight is 669 g/mol. The number of para-hydroxylation sites is 3. The highest BCUT2D eigenvalue weighted by Gasteiger charge is 2.21. The van der Waals surface area contributed by atoms with E-state index in [0.717, 1.165) is 83.2 Å². The molecule has 0 N–H and O–H groups in total. The summed E-state index contributed by atoms with van der Waals surface area (Å²) in [6.07, 6.45) is 0. The predicted molar refractivity (Wildman–Crippen MR) is 212 cm³/mol. The van der Waals surface area contributed by atoms with Gasteiger partial charge in [-0.25, -0.2) is 4.98 Å². The van der Waals surface area contributed by atoms with E-state index in [4.69, 9.17) is 18.2 Å². The lowest BCUT2D eigenvalue weighted by Gasteiger charge is -2.25. The highest BCUT2D eigenvalue weighted by atomic mass is 16.4. The molecule has 0 amide bonds. The Labute approximate surface area is 297 Å². The van der Waals surface area contributed by atoms with Gasteiger partial charge in [0.05, 0.1) is 0 Å². The van der Waals surface area contributed by atoms with Crippen molar-refractivity contribution < 1.29 is 13.3 Å². The van der Waals surface area contributed by atoms with Crippen molar-refractivity contribution in [3.05, 3.63) is 170 Å². The normalized spacial score (nSPS) is 11.8. The number of fused-ring (bicyclic) bond motifs is 8. The summed E-state index contributed by atoms with van der Waals surface area (Å²) >= 11 is 0. The summed E-state index contributed by atoms with van der Waals surface area (Å²) in [6.45, 7) is 0. The van der Waals surface area contributed by atoms with Gasteiger partial charge in [-0.05, 0) is 94.7 Å². The predicted octanol–water partition coefficient (Wildman–Crippen LogP) is 13.6. The van der Waals surface area contributed by atoms with Crippen molar-refractivity contribution in [3.63, 3.8) is 0 Å². The van der Waals surface area contributed by atoms with Crippen LogP contribution in [0.2, 0.25) is 0 Å². The van der Waals surface area contributed by atoms with Crippen molar-refractivity contribution in [2.75, 3.05) is 4.90 Å². The van der Waals surface area contributed by atoms with Gasteiger partial charge in [0.1, 0.15) is 27.8 Å². The molecule has 0 aliphatic carbocycles. The van der Waals surface area contributed by atoms with Crippen molar-refractivity contribution >= 4 is 82.8 Å². The number of furan rings is 2. The van der Waals surface area contributed by atoms with Crippen LogP contribution in [0.25, 0.3) is 88.3 Å². The molecular weight excluding hydrogens is 641 g/mol. The van der Waals surface area contributed by atoms with Gasteiger partial charge >= 0.3 is 0 Å². The van der Waals surface area contributed by atoms with E-state index in [0.29, 0.717) is 5.89 Å². The van der Waals surface area contributed by atoms with Gasteiger partial charge in [-0.2, -0.15) is 0 Å². The van der Waals surface area contributed by atoms with E-state index in [2.05, 4.69) is 126 Å². The zero-order valence-electron chi connectivity index (χ0n) is 27.8. The standard InChI is InChI=1S/C47H28N2O3/c1-2-12-32(13-3-1)49(34-23-25-37-44(28-34)51-42-19-9-15-38(46(37)42)47-48-39-16-6-7-17-40(39)52-47)33-22-24-36-43(27-33)50-41-18-8-14-35(45(36)41)31-21-20-29-10-4-5-11-30(29)26-31/h1-28H. The molecule has 5 nitrogen and oxygen atoms in total. The first kappa shape index (κ1) is 28.7. The molecule has 0 aliphatic rings. The Morgan fingerprint density at radius 3 is 1.73 bits per heavy atom. The molecule has 0 bridgehead atoms. The summed E-state index contributed by atoms with van der Waals surface area (Å²) in [7, 11) is 0. The number of hydrogen-bond donors (Lipinski definition) is 0. The molecule has 0 unspecified atom stereocenters. The maximum Gasteiger partial charge on any atom is 0.228 e. The van der Waals surface area contributed by atoms with Crippen molar-refractivity contribution in [2.24, 2.45) is 0 Å². The van der Waals surface area contributed by atoms with Gasteiger partial charge in [-0.15, -0.1) is 0 Å². The lowest BCUT2D eigenvalue weighted by molar-refractivity contribution is 0.620. The quantitative estimate of drug-likeness (QED) is 0.183. The molecule has 0 atom stereocenters. The second kappa shape index (κ2) is 11.2. The van der Waals surface area contributed by atoms with E-state index < -0.39 is 0 Å². The molecule has 11 aromatic rings. The average Bonchev–Trinajstić information content (AvgIpc) is 3.91. The molecule has 0 saturated heterocycles. The molecule has 0 fully saturated rings. The van der Waals surface area contributed by atoms with Crippen LogP contribution in [0.5, 0.6) is 0 Å². The molecule has 5 heteroatoms. The number of benzene rings is 8. The minimum absolute atomic E-state index is 0.576. The third-order valence-corrected chi connectivity index (χ3v) is 10.1. The molecular formula is C47H28N2O3. The fourth-order valence-electron chi connectivity index (χ4n) is 7.69. The maximum absolute atomic E-state index is 6.59. The Kier molecular flexibility index (Phi) is 6.18. The molecule has 3 heterocycles. The zero-order valence-corrected chi connectivity index (χ0v) is 27.8. The molecule has 11 rings (SSSR count). The molecule has 0 radical (unpaired) electrons. The summed E-state index contributed by atoms with van der Waals surface area (Å²) < 4.78 is 19.3. The number of oxazole rings is 1. The van der Waals surface area contributed by atoms with Crippen LogP contribution in [0.4, 0.5) is 17.1 Å². The van der Waals surface area contributed by atoms with Crippen molar-refractivity contribution in [3.8, 4) is 22.6 Å². The fraction of sp³-hybridized carbons (Fsp3) is 0. The Morgan fingerprint density at radius 2 is 1.00 bits per heavy atom. The summed E-state index contributed by atoms with van der Waals surface area (Å²) in [5.41, 5.74) is 11.0. The molecule has 0 aliphatic heterocycles. The summed E-state index contributed by atoms with van der Waals surface area (Å²) in [5, 5.41) is 6.62. The first-order valence-corrected chi connectivity index (χ1v) is 17.4. The zero-order chi connectivity index (χ0) is 34.2. The van der Waals surface area contributed by atoms with Crippen LogP contribution in [-0.2, 0) is 0 Å². The second-order valence-electron chi connectivity index (χ2n) is 13.1. The van der Waals surface area contributed by atoms with Gasteiger partial charge < -0.3 is 18.2 Å². The lowest BCUT2D eigenvalue weighted by Crippen LogP contribution is -2.09. The summed E-state index contributed by atoms with van der Waals surface area (Å²) in [6, 6.07) is 58.6. The fourth-order valence-corrected chi connectivity index (χ4v) is 7.69. The first-order chi connectivity index (χ1) is 25.7. The van der Waals surface area contributed by atoms with Crippen LogP contribution < -0.4 is 4.90 Å². The Morgan fingerprint density at radius 1 is 0.385 bits per heavy atom. The summed E-state index contributed by atoms with van der Waals surface area (Å²) in [4.78, 5) is 7.04.